The van der Waals surface area contributed by atoms with E-state index in [1.807, 2.05) is 35.3 Å². The van der Waals surface area contributed by atoms with Crippen LogP contribution < -0.4 is 5.01 Å². The lowest BCUT2D eigenvalue weighted by molar-refractivity contribution is 0.699. The first-order chi connectivity index (χ1) is 7.36. The molecule has 0 bridgehead atoms. The molecule has 0 aromatic carbocycles. The summed E-state index contributed by atoms with van der Waals surface area (Å²) in [6.45, 7) is 3.26. The molecule has 0 saturated carbocycles. The van der Waals surface area contributed by atoms with Crippen LogP contribution in [0.5, 0.6) is 0 Å². The van der Waals surface area contributed by atoms with Crippen molar-refractivity contribution in [2.45, 2.75) is 13.0 Å². The molecule has 0 spiro atoms. The summed E-state index contributed by atoms with van der Waals surface area (Å²) >= 11 is 0. The van der Waals surface area contributed by atoms with E-state index in [0.29, 0.717) is 6.04 Å². The molecule has 15 heavy (non-hydrogen) atoms. The Morgan fingerprint density at radius 1 is 1.27 bits per heavy atom. The van der Waals surface area contributed by atoms with Crippen LogP contribution in [0.1, 0.15) is 6.92 Å². The van der Waals surface area contributed by atoms with E-state index in [1.165, 1.54) is 0 Å². The monoisotopic (exact) mass is 200 g/mol. The summed E-state index contributed by atoms with van der Waals surface area (Å²) in [4.78, 5) is 6.27. The Hall–Kier alpha value is -1.84. The fraction of sp³-hybridized carbons (Fsp3) is 0.273. The Morgan fingerprint density at radius 2 is 2.13 bits per heavy atom. The number of rotatable bonds is 2. The number of hydrogen-bond donors (Lipinski definition) is 0. The highest BCUT2D eigenvalue weighted by molar-refractivity contribution is 5.54. The number of nitrogens with zero attached hydrogens (tertiary/aromatic N) is 4. The molecule has 3 heterocycles. The molecule has 1 atom stereocenters. The fourth-order valence-electron chi connectivity index (χ4n) is 1.69. The standard InChI is InChI=1S/C11H12N4/c1-9-8-14(9)15-11(5-7-13-15)10-4-2-3-6-12-10/h2-7,9H,8H2,1H3. The van der Waals surface area contributed by atoms with E-state index in [-0.39, 0.29) is 0 Å². The minimum absolute atomic E-state index is 0.590. The van der Waals surface area contributed by atoms with E-state index in [1.54, 1.807) is 6.20 Å². The molecule has 2 aromatic heterocycles. The highest BCUT2D eigenvalue weighted by Crippen LogP contribution is 2.21. The third-order valence-electron chi connectivity index (χ3n) is 2.62. The van der Waals surface area contributed by atoms with Gasteiger partial charge in [-0.15, -0.1) is 0 Å². The lowest BCUT2D eigenvalue weighted by Crippen LogP contribution is -2.17. The molecule has 76 valence electrons. The summed E-state index contributed by atoms with van der Waals surface area (Å²) in [5.41, 5.74) is 2.02. The van der Waals surface area contributed by atoms with Crippen molar-refractivity contribution in [3.05, 3.63) is 36.7 Å². The fourth-order valence-corrected chi connectivity index (χ4v) is 1.69. The van der Waals surface area contributed by atoms with Crippen molar-refractivity contribution in [3.8, 4) is 11.4 Å². The van der Waals surface area contributed by atoms with E-state index in [0.717, 1.165) is 17.9 Å². The lowest BCUT2D eigenvalue weighted by atomic mass is 10.3. The van der Waals surface area contributed by atoms with Gasteiger partial charge in [-0.05, 0) is 25.1 Å². The number of aromatic nitrogens is 3. The predicted molar refractivity (Wildman–Crippen MR) is 58.0 cm³/mol. The normalized spacial score (nSPS) is 19.3. The van der Waals surface area contributed by atoms with Gasteiger partial charge in [0.25, 0.3) is 0 Å². The molecule has 1 unspecified atom stereocenters. The molecule has 4 nitrogen and oxygen atoms in total. The van der Waals surface area contributed by atoms with Crippen molar-refractivity contribution < 1.29 is 0 Å². The molecule has 0 amide bonds. The number of hydrogen-bond acceptors (Lipinski definition) is 3. The first kappa shape index (κ1) is 8.47. The van der Waals surface area contributed by atoms with Crippen LogP contribution in [0.25, 0.3) is 11.4 Å². The second kappa shape index (κ2) is 3.08. The van der Waals surface area contributed by atoms with Crippen LogP contribution in [0.3, 0.4) is 0 Å². The SMILES string of the molecule is CC1CN1n1nccc1-c1ccccn1. The van der Waals surface area contributed by atoms with Crippen molar-refractivity contribution in [1.29, 1.82) is 0 Å². The average molecular weight is 200 g/mol. The quantitative estimate of drug-likeness (QED) is 0.685. The summed E-state index contributed by atoms with van der Waals surface area (Å²) in [5, 5.41) is 6.51. The molecule has 1 saturated heterocycles. The summed E-state index contributed by atoms with van der Waals surface area (Å²) < 4.78 is 0. The molecular weight excluding hydrogens is 188 g/mol. The van der Waals surface area contributed by atoms with E-state index >= 15 is 0 Å². The minimum Gasteiger partial charge on any atom is -0.290 e. The van der Waals surface area contributed by atoms with Gasteiger partial charge in [0.15, 0.2) is 0 Å². The van der Waals surface area contributed by atoms with Crippen LogP contribution in [0.2, 0.25) is 0 Å². The Morgan fingerprint density at radius 3 is 2.80 bits per heavy atom. The van der Waals surface area contributed by atoms with Crippen molar-refractivity contribution in [3.63, 3.8) is 0 Å². The second-order valence-corrected chi connectivity index (χ2v) is 3.79. The van der Waals surface area contributed by atoms with Gasteiger partial charge in [-0.1, -0.05) is 6.07 Å². The first-order valence-corrected chi connectivity index (χ1v) is 5.08. The largest absolute Gasteiger partial charge is 0.290 e. The zero-order valence-electron chi connectivity index (χ0n) is 8.54. The zero-order chi connectivity index (χ0) is 10.3. The van der Waals surface area contributed by atoms with Crippen LogP contribution in [0.4, 0.5) is 0 Å². The van der Waals surface area contributed by atoms with Crippen molar-refractivity contribution in [2.75, 3.05) is 11.6 Å². The maximum absolute atomic E-state index is 4.33. The van der Waals surface area contributed by atoms with Gasteiger partial charge in [0.1, 0.15) is 5.69 Å². The van der Waals surface area contributed by atoms with Gasteiger partial charge >= 0.3 is 0 Å². The predicted octanol–water partition coefficient (Wildman–Crippen LogP) is 1.29. The van der Waals surface area contributed by atoms with Crippen LogP contribution in [0, 0.1) is 0 Å². The van der Waals surface area contributed by atoms with Gasteiger partial charge in [0, 0.05) is 6.20 Å². The molecule has 0 radical (unpaired) electrons. The first-order valence-electron chi connectivity index (χ1n) is 5.08. The number of pyridine rings is 1. The van der Waals surface area contributed by atoms with Gasteiger partial charge in [0.05, 0.1) is 24.5 Å². The molecular formula is C11H12N4. The summed E-state index contributed by atoms with van der Waals surface area (Å²) in [6, 6.07) is 8.50. The van der Waals surface area contributed by atoms with E-state index in [2.05, 4.69) is 22.0 Å². The van der Waals surface area contributed by atoms with Crippen molar-refractivity contribution >= 4 is 0 Å². The molecule has 1 aliphatic rings. The molecule has 4 heteroatoms. The minimum atomic E-state index is 0.590. The van der Waals surface area contributed by atoms with Crippen molar-refractivity contribution in [1.82, 2.24) is 14.9 Å². The molecule has 1 fully saturated rings. The third kappa shape index (κ3) is 1.38. The average Bonchev–Trinajstić information content (AvgIpc) is 2.82. The molecule has 0 aliphatic carbocycles. The Bertz CT molecular complexity index is 462. The van der Waals surface area contributed by atoms with Gasteiger partial charge in [-0.3, -0.25) is 9.99 Å². The van der Waals surface area contributed by atoms with Crippen molar-refractivity contribution in [2.24, 2.45) is 0 Å². The van der Waals surface area contributed by atoms with Gasteiger partial charge in [-0.2, -0.15) is 9.89 Å². The Labute approximate surface area is 88.1 Å². The van der Waals surface area contributed by atoms with Crippen LogP contribution in [0.15, 0.2) is 36.7 Å². The highest BCUT2D eigenvalue weighted by atomic mass is 15.7. The highest BCUT2D eigenvalue weighted by Gasteiger charge is 2.31. The third-order valence-corrected chi connectivity index (χ3v) is 2.62. The molecule has 3 rings (SSSR count). The van der Waals surface area contributed by atoms with E-state index < -0.39 is 0 Å². The maximum Gasteiger partial charge on any atom is 0.110 e. The van der Waals surface area contributed by atoms with E-state index in [4.69, 9.17) is 0 Å². The zero-order valence-corrected chi connectivity index (χ0v) is 8.54. The Balaban J connectivity index is 2.02. The van der Waals surface area contributed by atoms with Crippen LogP contribution in [-0.4, -0.2) is 27.5 Å². The molecule has 1 aliphatic heterocycles. The van der Waals surface area contributed by atoms with Gasteiger partial charge < -0.3 is 0 Å². The van der Waals surface area contributed by atoms with Gasteiger partial charge in [-0.25, -0.2) is 0 Å². The summed E-state index contributed by atoms with van der Waals surface area (Å²) in [5.74, 6) is 0. The van der Waals surface area contributed by atoms with Crippen LogP contribution in [-0.2, 0) is 0 Å². The Kier molecular flexibility index (Phi) is 1.74. The molecule has 2 aromatic rings. The maximum atomic E-state index is 4.33. The molecule has 0 N–H and O–H groups in total. The van der Waals surface area contributed by atoms with Gasteiger partial charge in [0.2, 0.25) is 0 Å². The van der Waals surface area contributed by atoms with Crippen LogP contribution >= 0.6 is 0 Å². The van der Waals surface area contributed by atoms with E-state index in [9.17, 15) is 0 Å². The lowest BCUT2D eigenvalue weighted by Gasteiger charge is -2.08. The smallest absolute Gasteiger partial charge is 0.110 e. The topological polar surface area (TPSA) is 33.7 Å². The second-order valence-electron chi connectivity index (χ2n) is 3.79. The summed E-state index contributed by atoms with van der Waals surface area (Å²) in [6.07, 6.45) is 3.62. The summed E-state index contributed by atoms with van der Waals surface area (Å²) in [7, 11) is 0.